The smallest absolute Gasteiger partial charge is 0.126 e. The average molecular weight is 261 g/mol. The van der Waals surface area contributed by atoms with E-state index in [4.69, 9.17) is 0 Å². The van der Waals surface area contributed by atoms with Crippen LogP contribution in [0.15, 0.2) is 36.9 Å². The van der Waals surface area contributed by atoms with Crippen LogP contribution >= 0.6 is 0 Å². The van der Waals surface area contributed by atoms with Gasteiger partial charge in [-0.3, -0.25) is 0 Å². The molecule has 1 aromatic carbocycles. The van der Waals surface area contributed by atoms with Gasteiger partial charge in [-0.1, -0.05) is 12.1 Å². The van der Waals surface area contributed by atoms with Gasteiger partial charge in [0.15, 0.2) is 0 Å². The van der Waals surface area contributed by atoms with E-state index in [0.717, 1.165) is 38.0 Å². The molecule has 0 aliphatic rings. The Morgan fingerprint density at radius 2 is 2.21 bits per heavy atom. The summed E-state index contributed by atoms with van der Waals surface area (Å²) in [5, 5.41) is 3.38. The van der Waals surface area contributed by atoms with Gasteiger partial charge in [0.2, 0.25) is 0 Å². The maximum absolute atomic E-state index is 13.1. The van der Waals surface area contributed by atoms with E-state index in [1.807, 2.05) is 24.7 Å². The molecular formula is C15H20FN3. The lowest BCUT2D eigenvalue weighted by molar-refractivity contribution is 0.567. The SMILES string of the molecule is Cc1cc(CNCCCCn2ccnc2)ccc1F. The Kier molecular flexibility index (Phi) is 5.10. The molecule has 0 radical (unpaired) electrons. The van der Waals surface area contributed by atoms with Gasteiger partial charge in [-0.25, -0.2) is 9.37 Å². The molecule has 1 aromatic heterocycles. The van der Waals surface area contributed by atoms with E-state index in [1.54, 1.807) is 13.1 Å². The minimum absolute atomic E-state index is 0.135. The summed E-state index contributed by atoms with van der Waals surface area (Å²) in [4.78, 5) is 4.01. The summed E-state index contributed by atoms with van der Waals surface area (Å²) in [5.74, 6) is -0.135. The molecule has 19 heavy (non-hydrogen) atoms. The minimum Gasteiger partial charge on any atom is -0.337 e. The summed E-state index contributed by atoms with van der Waals surface area (Å²) < 4.78 is 15.2. The molecule has 0 aliphatic heterocycles. The monoisotopic (exact) mass is 261 g/mol. The van der Waals surface area contributed by atoms with Gasteiger partial charge in [-0.05, 0) is 43.5 Å². The number of halogens is 1. The van der Waals surface area contributed by atoms with Crippen molar-refractivity contribution in [3.05, 3.63) is 53.9 Å². The predicted octanol–water partition coefficient (Wildman–Crippen LogP) is 2.90. The van der Waals surface area contributed by atoms with Gasteiger partial charge in [0.1, 0.15) is 5.82 Å². The lowest BCUT2D eigenvalue weighted by Crippen LogP contribution is -2.15. The third kappa shape index (κ3) is 4.48. The zero-order chi connectivity index (χ0) is 13.5. The van der Waals surface area contributed by atoms with E-state index in [0.29, 0.717) is 5.56 Å². The molecule has 0 bridgehead atoms. The average Bonchev–Trinajstić information content (AvgIpc) is 2.91. The highest BCUT2D eigenvalue weighted by Gasteiger charge is 1.98. The van der Waals surface area contributed by atoms with Crippen molar-refractivity contribution in [3.8, 4) is 0 Å². The molecule has 0 atom stereocenters. The van der Waals surface area contributed by atoms with Gasteiger partial charge < -0.3 is 9.88 Å². The molecular weight excluding hydrogens is 241 g/mol. The topological polar surface area (TPSA) is 29.9 Å². The summed E-state index contributed by atoms with van der Waals surface area (Å²) in [6.07, 6.45) is 7.88. The number of hydrogen-bond acceptors (Lipinski definition) is 2. The fourth-order valence-corrected chi connectivity index (χ4v) is 2.01. The van der Waals surface area contributed by atoms with E-state index >= 15 is 0 Å². The third-order valence-electron chi connectivity index (χ3n) is 3.13. The van der Waals surface area contributed by atoms with Crippen molar-refractivity contribution in [1.29, 1.82) is 0 Å². The second-order valence-electron chi connectivity index (χ2n) is 4.77. The number of aryl methyl sites for hydroxylation is 2. The Hall–Kier alpha value is -1.68. The first kappa shape index (κ1) is 13.7. The predicted molar refractivity (Wildman–Crippen MR) is 74.3 cm³/mol. The van der Waals surface area contributed by atoms with Crippen LogP contribution in [0.3, 0.4) is 0 Å². The molecule has 0 spiro atoms. The van der Waals surface area contributed by atoms with Gasteiger partial charge in [-0.2, -0.15) is 0 Å². The standard InChI is InChI=1S/C15H20FN3/c1-13-10-14(4-5-15(13)16)11-17-6-2-3-8-19-9-7-18-12-19/h4-5,7,9-10,12,17H,2-3,6,8,11H2,1H3. The highest BCUT2D eigenvalue weighted by molar-refractivity contribution is 5.23. The summed E-state index contributed by atoms with van der Waals surface area (Å²) >= 11 is 0. The highest BCUT2D eigenvalue weighted by atomic mass is 19.1. The van der Waals surface area contributed by atoms with Crippen LogP contribution < -0.4 is 5.32 Å². The van der Waals surface area contributed by atoms with Crippen molar-refractivity contribution >= 4 is 0 Å². The zero-order valence-electron chi connectivity index (χ0n) is 11.3. The Labute approximate surface area is 113 Å². The number of nitrogens with one attached hydrogen (secondary N) is 1. The van der Waals surface area contributed by atoms with Crippen molar-refractivity contribution < 1.29 is 4.39 Å². The second-order valence-corrected chi connectivity index (χ2v) is 4.77. The molecule has 4 heteroatoms. The Morgan fingerprint density at radius 3 is 2.95 bits per heavy atom. The Bertz CT molecular complexity index is 494. The summed E-state index contributed by atoms with van der Waals surface area (Å²) in [7, 11) is 0. The molecule has 0 saturated carbocycles. The fraction of sp³-hybridized carbons (Fsp3) is 0.400. The number of rotatable bonds is 7. The third-order valence-corrected chi connectivity index (χ3v) is 3.13. The van der Waals surface area contributed by atoms with E-state index in [-0.39, 0.29) is 5.82 Å². The van der Waals surface area contributed by atoms with Crippen molar-refractivity contribution in [2.45, 2.75) is 32.9 Å². The van der Waals surface area contributed by atoms with Gasteiger partial charge in [0, 0.05) is 25.5 Å². The molecule has 0 unspecified atom stereocenters. The molecule has 1 heterocycles. The van der Waals surface area contributed by atoms with Gasteiger partial charge in [0.05, 0.1) is 6.33 Å². The van der Waals surface area contributed by atoms with Crippen LogP contribution in [0.5, 0.6) is 0 Å². The van der Waals surface area contributed by atoms with Crippen LogP contribution in [0, 0.1) is 12.7 Å². The normalized spacial score (nSPS) is 10.8. The second kappa shape index (κ2) is 7.04. The highest BCUT2D eigenvalue weighted by Crippen LogP contribution is 2.08. The van der Waals surface area contributed by atoms with Gasteiger partial charge in [0.25, 0.3) is 0 Å². The molecule has 0 amide bonds. The zero-order valence-corrected chi connectivity index (χ0v) is 11.3. The quantitative estimate of drug-likeness (QED) is 0.777. The molecule has 2 rings (SSSR count). The van der Waals surface area contributed by atoms with Crippen LogP contribution in [0.2, 0.25) is 0 Å². The Balaban J connectivity index is 1.60. The van der Waals surface area contributed by atoms with Crippen molar-refractivity contribution in [2.24, 2.45) is 0 Å². The number of aromatic nitrogens is 2. The molecule has 0 fully saturated rings. The minimum atomic E-state index is -0.135. The lowest BCUT2D eigenvalue weighted by Gasteiger charge is -2.06. The van der Waals surface area contributed by atoms with Crippen LogP contribution in [-0.4, -0.2) is 16.1 Å². The van der Waals surface area contributed by atoms with Crippen molar-refractivity contribution in [2.75, 3.05) is 6.54 Å². The first-order valence-electron chi connectivity index (χ1n) is 6.67. The van der Waals surface area contributed by atoms with Crippen LogP contribution in [0.4, 0.5) is 4.39 Å². The Morgan fingerprint density at radius 1 is 1.32 bits per heavy atom. The first-order chi connectivity index (χ1) is 9.25. The van der Waals surface area contributed by atoms with Gasteiger partial charge >= 0.3 is 0 Å². The number of imidazole rings is 1. The van der Waals surface area contributed by atoms with E-state index in [9.17, 15) is 4.39 Å². The van der Waals surface area contributed by atoms with Gasteiger partial charge in [-0.15, -0.1) is 0 Å². The maximum Gasteiger partial charge on any atom is 0.126 e. The van der Waals surface area contributed by atoms with E-state index in [2.05, 4.69) is 14.9 Å². The number of benzene rings is 1. The van der Waals surface area contributed by atoms with Crippen molar-refractivity contribution in [1.82, 2.24) is 14.9 Å². The fourth-order valence-electron chi connectivity index (χ4n) is 2.01. The summed E-state index contributed by atoms with van der Waals surface area (Å²) in [6, 6.07) is 5.26. The molecule has 0 saturated heterocycles. The molecule has 3 nitrogen and oxygen atoms in total. The lowest BCUT2D eigenvalue weighted by atomic mass is 10.1. The summed E-state index contributed by atoms with van der Waals surface area (Å²) in [5.41, 5.74) is 1.84. The largest absolute Gasteiger partial charge is 0.337 e. The summed E-state index contributed by atoms with van der Waals surface area (Å²) in [6.45, 7) is 4.58. The van der Waals surface area contributed by atoms with E-state index < -0.39 is 0 Å². The van der Waals surface area contributed by atoms with Crippen LogP contribution in [-0.2, 0) is 13.1 Å². The molecule has 1 N–H and O–H groups in total. The maximum atomic E-state index is 13.1. The van der Waals surface area contributed by atoms with Crippen LogP contribution in [0.1, 0.15) is 24.0 Å². The van der Waals surface area contributed by atoms with E-state index in [1.165, 1.54) is 6.07 Å². The molecule has 0 aliphatic carbocycles. The number of nitrogens with zero attached hydrogens (tertiary/aromatic N) is 2. The molecule has 102 valence electrons. The first-order valence-corrected chi connectivity index (χ1v) is 6.67. The molecule has 2 aromatic rings. The van der Waals surface area contributed by atoms with Crippen LogP contribution in [0.25, 0.3) is 0 Å². The number of hydrogen-bond donors (Lipinski definition) is 1. The number of unbranched alkanes of at least 4 members (excludes halogenated alkanes) is 1. The van der Waals surface area contributed by atoms with Crippen molar-refractivity contribution in [3.63, 3.8) is 0 Å².